The van der Waals surface area contributed by atoms with Crippen molar-refractivity contribution in [2.24, 2.45) is 23.2 Å². The van der Waals surface area contributed by atoms with Crippen LogP contribution in [0.15, 0.2) is 18.2 Å². The number of nitro groups is 1. The number of rotatable bonds is 7. The van der Waals surface area contributed by atoms with Crippen LogP contribution >= 0.6 is 0 Å². The van der Waals surface area contributed by atoms with Crippen molar-refractivity contribution >= 4 is 17.6 Å². The number of nitrogens with zero attached hydrogens (tertiary/aromatic N) is 1. The second-order valence-electron chi connectivity index (χ2n) is 9.29. The summed E-state index contributed by atoms with van der Waals surface area (Å²) < 4.78 is 10.0. The minimum Gasteiger partial charge on any atom is -0.490 e. The van der Waals surface area contributed by atoms with Gasteiger partial charge in [0.05, 0.1) is 17.6 Å². The third-order valence-electron chi connectivity index (χ3n) is 7.33. The summed E-state index contributed by atoms with van der Waals surface area (Å²) in [6.07, 6.45) is 7.55. The molecule has 4 saturated carbocycles. The van der Waals surface area contributed by atoms with Crippen LogP contribution in [0.25, 0.3) is 0 Å². The summed E-state index contributed by atoms with van der Waals surface area (Å²) in [7, 11) is 1.32. The first-order valence-electron chi connectivity index (χ1n) is 10.6. The van der Waals surface area contributed by atoms with Crippen molar-refractivity contribution in [3.8, 4) is 5.75 Å². The third-order valence-corrected chi connectivity index (χ3v) is 7.33. The molecule has 1 aromatic carbocycles. The van der Waals surface area contributed by atoms with E-state index >= 15 is 0 Å². The maximum Gasteiger partial charge on any atom is 0.338 e. The molecule has 0 aliphatic heterocycles. The topological polar surface area (TPSA) is 108 Å². The van der Waals surface area contributed by atoms with Crippen molar-refractivity contribution in [3.63, 3.8) is 0 Å². The van der Waals surface area contributed by atoms with Crippen molar-refractivity contribution in [3.05, 3.63) is 33.9 Å². The number of benzene rings is 1. The first-order chi connectivity index (χ1) is 14.3. The van der Waals surface area contributed by atoms with Gasteiger partial charge in [-0.15, -0.1) is 0 Å². The molecular formula is C22H28N2O6. The molecule has 4 fully saturated rings. The molecule has 0 aromatic heterocycles. The number of nitrogens with one attached hydrogen (secondary N) is 1. The summed E-state index contributed by atoms with van der Waals surface area (Å²) in [6.45, 7) is 1.66. The molecule has 1 unspecified atom stereocenters. The molecule has 0 radical (unpaired) electrons. The molecule has 8 heteroatoms. The average molecular weight is 416 g/mol. The lowest BCUT2D eigenvalue weighted by molar-refractivity contribution is -0.385. The van der Waals surface area contributed by atoms with Crippen molar-refractivity contribution in [1.29, 1.82) is 0 Å². The Balaban J connectivity index is 1.33. The maximum absolute atomic E-state index is 12.4. The summed E-state index contributed by atoms with van der Waals surface area (Å²) in [6, 6.07) is 3.85. The highest BCUT2D eigenvalue weighted by atomic mass is 16.6. The van der Waals surface area contributed by atoms with Crippen molar-refractivity contribution in [2.45, 2.75) is 51.5 Å². The Labute approximate surface area is 175 Å². The second-order valence-corrected chi connectivity index (χ2v) is 9.29. The van der Waals surface area contributed by atoms with Crippen molar-refractivity contribution < 1.29 is 24.0 Å². The molecule has 4 aliphatic rings. The zero-order valence-electron chi connectivity index (χ0n) is 17.4. The molecule has 1 atom stereocenters. The quantitative estimate of drug-likeness (QED) is 0.414. The van der Waals surface area contributed by atoms with Crippen LogP contribution < -0.4 is 10.1 Å². The molecule has 30 heavy (non-hydrogen) atoms. The van der Waals surface area contributed by atoms with Crippen LogP contribution in [0.3, 0.4) is 0 Å². The second kappa shape index (κ2) is 7.89. The summed E-state index contributed by atoms with van der Waals surface area (Å²) >= 11 is 0. The van der Waals surface area contributed by atoms with Gasteiger partial charge in [0, 0.05) is 12.1 Å². The van der Waals surface area contributed by atoms with Gasteiger partial charge in [0.25, 0.3) is 5.91 Å². The molecule has 4 aliphatic carbocycles. The van der Waals surface area contributed by atoms with E-state index in [1.165, 1.54) is 57.8 Å². The number of nitro benzene ring substituents is 1. The van der Waals surface area contributed by atoms with E-state index in [0.717, 1.165) is 23.8 Å². The molecule has 5 rings (SSSR count). The SMILES string of the molecule is COc1ccc(C(=O)OCC(=O)NC(C)C23CC4CC(CC(C4)C2)C3)cc1[N+](=O)[O-]. The maximum atomic E-state index is 12.4. The molecule has 4 bridgehead atoms. The van der Waals surface area contributed by atoms with E-state index in [-0.39, 0.29) is 34.4 Å². The Morgan fingerprint density at radius 1 is 1.20 bits per heavy atom. The minimum atomic E-state index is -0.779. The highest BCUT2D eigenvalue weighted by molar-refractivity contribution is 5.92. The summed E-state index contributed by atoms with van der Waals surface area (Å²) in [5.74, 6) is 1.31. The van der Waals surface area contributed by atoms with E-state index in [1.807, 2.05) is 0 Å². The minimum absolute atomic E-state index is 0.00410. The van der Waals surface area contributed by atoms with Crippen LogP contribution in [0.1, 0.15) is 55.8 Å². The summed E-state index contributed by atoms with van der Waals surface area (Å²) in [5.41, 5.74) is -0.151. The van der Waals surface area contributed by atoms with E-state index in [0.29, 0.717) is 0 Å². The lowest BCUT2D eigenvalue weighted by Gasteiger charge is -2.59. The fourth-order valence-electron chi connectivity index (χ4n) is 6.32. The molecule has 162 valence electrons. The van der Waals surface area contributed by atoms with E-state index < -0.39 is 17.5 Å². The first-order valence-corrected chi connectivity index (χ1v) is 10.6. The number of hydrogen-bond donors (Lipinski definition) is 1. The zero-order valence-corrected chi connectivity index (χ0v) is 17.4. The fraction of sp³-hybridized carbons (Fsp3) is 0.636. The van der Waals surface area contributed by atoms with Crippen LogP contribution in [0, 0.1) is 33.3 Å². The Bertz CT molecular complexity index is 832. The standard InChI is InChI=1S/C22H28N2O6/c1-13(22-9-14-5-15(10-22)7-16(6-14)11-22)23-20(25)12-30-21(26)17-3-4-19(29-2)18(8-17)24(27)28/h3-4,8,13-16H,5-7,9-12H2,1-2H3,(H,23,25). The Morgan fingerprint density at radius 2 is 1.80 bits per heavy atom. The molecule has 1 N–H and O–H groups in total. The molecule has 1 aromatic rings. The predicted octanol–water partition coefficient (Wildman–Crippen LogP) is 3.48. The van der Waals surface area contributed by atoms with Crippen LogP contribution in [0.4, 0.5) is 5.69 Å². The Kier molecular flexibility index (Phi) is 5.42. The largest absolute Gasteiger partial charge is 0.490 e. The molecule has 0 spiro atoms. The summed E-state index contributed by atoms with van der Waals surface area (Å²) in [4.78, 5) is 35.2. The first kappa shape index (κ1) is 20.6. The molecule has 1 amide bonds. The number of carbonyl (C=O) groups excluding carboxylic acids is 2. The van der Waals surface area contributed by atoms with Gasteiger partial charge >= 0.3 is 11.7 Å². The fourth-order valence-corrected chi connectivity index (χ4v) is 6.32. The van der Waals surface area contributed by atoms with E-state index in [2.05, 4.69) is 12.2 Å². The van der Waals surface area contributed by atoms with Crippen LogP contribution in [0.2, 0.25) is 0 Å². The zero-order chi connectivity index (χ0) is 21.5. The Morgan fingerprint density at radius 3 is 2.33 bits per heavy atom. The van der Waals surface area contributed by atoms with Crippen molar-refractivity contribution in [1.82, 2.24) is 5.32 Å². The van der Waals surface area contributed by atoms with Crippen molar-refractivity contribution in [2.75, 3.05) is 13.7 Å². The van der Waals surface area contributed by atoms with Crippen LogP contribution in [-0.4, -0.2) is 36.6 Å². The molecular weight excluding hydrogens is 388 g/mol. The molecule has 0 heterocycles. The van der Waals surface area contributed by atoms with Gasteiger partial charge in [0.2, 0.25) is 0 Å². The highest BCUT2D eigenvalue weighted by Gasteiger charge is 2.53. The van der Waals surface area contributed by atoms with E-state index in [4.69, 9.17) is 9.47 Å². The third kappa shape index (κ3) is 3.87. The molecule has 0 saturated heterocycles. The van der Waals surface area contributed by atoms with Gasteiger partial charge in [0.1, 0.15) is 0 Å². The number of methoxy groups -OCH3 is 1. The van der Waals surface area contributed by atoms with E-state index in [9.17, 15) is 19.7 Å². The Hall–Kier alpha value is -2.64. The van der Waals surface area contributed by atoms with Crippen LogP contribution in [0.5, 0.6) is 5.75 Å². The highest BCUT2D eigenvalue weighted by Crippen LogP contribution is 2.61. The van der Waals surface area contributed by atoms with Gasteiger partial charge in [0.15, 0.2) is 12.4 Å². The van der Waals surface area contributed by atoms with Gasteiger partial charge in [-0.1, -0.05) is 0 Å². The van der Waals surface area contributed by atoms with E-state index in [1.54, 1.807) is 0 Å². The lowest BCUT2D eigenvalue weighted by Crippen LogP contribution is -2.56. The number of ether oxygens (including phenoxy) is 2. The van der Waals surface area contributed by atoms with Gasteiger partial charge in [-0.2, -0.15) is 0 Å². The lowest BCUT2D eigenvalue weighted by atomic mass is 9.48. The predicted molar refractivity (Wildman–Crippen MR) is 108 cm³/mol. The number of hydrogen-bond acceptors (Lipinski definition) is 6. The number of amides is 1. The van der Waals surface area contributed by atoms with Crippen LogP contribution in [-0.2, 0) is 9.53 Å². The summed E-state index contributed by atoms with van der Waals surface area (Å²) in [5, 5.41) is 14.2. The monoisotopic (exact) mass is 416 g/mol. The van der Waals surface area contributed by atoms with Gasteiger partial charge in [-0.3, -0.25) is 14.9 Å². The van der Waals surface area contributed by atoms with Gasteiger partial charge in [-0.05, 0) is 80.8 Å². The average Bonchev–Trinajstić information content (AvgIpc) is 2.70. The number of carbonyl (C=O) groups is 2. The normalized spacial score (nSPS) is 29.9. The van der Waals surface area contributed by atoms with Gasteiger partial charge < -0.3 is 14.8 Å². The number of esters is 1. The van der Waals surface area contributed by atoms with Gasteiger partial charge in [-0.25, -0.2) is 4.79 Å². The smallest absolute Gasteiger partial charge is 0.338 e. The molecule has 8 nitrogen and oxygen atoms in total.